The van der Waals surface area contributed by atoms with Crippen molar-refractivity contribution in [1.29, 1.82) is 0 Å². The molecule has 1 aliphatic rings. The molecule has 4 nitrogen and oxygen atoms in total. The van der Waals surface area contributed by atoms with E-state index in [9.17, 15) is 5.11 Å². The van der Waals surface area contributed by atoms with Crippen LogP contribution in [0.5, 0.6) is 5.75 Å². The van der Waals surface area contributed by atoms with E-state index in [1.165, 1.54) is 24.6 Å². The van der Waals surface area contributed by atoms with Crippen LogP contribution in [0.2, 0.25) is 0 Å². The summed E-state index contributed by atoms with van der Waals surface area (Å²) in [7, 11) is 1.64. The monoisotopic (exact) mass is 296 g/mol. The first-order valence-corrected chi connectivity index (χ1v) is 8.28. The summed E-state index contributed by atoms with van der Waals surface area (Å²) in [6.07, 6.45) is -0.484. The summed E-state index contributed by atoms with van der Waals surface area (Å²) in [5, 5.41) is 13.5. The van der Waals surface area contributed by atoms with E-state index in [4.69, 9.17) is 4.74 Å². The van der Waals surface area contributed by atoms with Gasteiger partial charge in [0.15, 0.2) is 0 Å². The molecule has 1 fully saturated rings. The molecule has 20 heavy (non-hydrogen) atoms. The SMILES string of the molecule is COc1cccc(C(O)CNCCN2CCSCC2)c1. The van der Waals surface area contributed by atoms with Crippen molar-refractivity contribution in [3.8, 4) is 5.75 Å². The second-order valence-electron chi connectivity index (χ2n) is 4.95. The second-order valence-corrected chi connectivity index (χ2v) is 6.18. The van der Waals surface area contributed by atoms with Crippen LogP contribution in [0.1, 0.15) is 11.7 Å². The zero-order valence-corrected chi connectivity index (χ0v) is 12.9. The summed E-state index contributed by atoms with van der Waals surface area (Å²) in [6.45, 7) is 4.93. The van der Waals surface area contributed by atoms with Crippen LogP contribution >= 0.6 is 11.8 Å². The molecule has 0 aliphatic carbocycles. The number of thioether (sulfide) groups is 1. The lowest BCUT2D eigenvalue weighted by atomic mass is 10.1. The number of hydrogen-bond donors (Lipinski definition) is 2. The quantitative estimate of drug-likeness (QED) is 0.744. The van der Waals surface area contributed by atoms with E-state index >= 15 is 0 Å². The van der Waals surface area contributed by atoms with E-state index in [0.717, 1.165) is 24.4 Å². The normalized spacial score (nSPS) is 17.9. The van der Waals surface area contributed by atoms with Gasteiger partial charge in [0.1, 0.15) is 5.75 Å². The highest BCUT2D eigenvalue weighted by molar-refractivity contribution is 7.99. The predicted molar refractivity (Wildman–Crippen MR) is 84.6 cm³/mol. The Morgan fingerprint density at radius 2 is 2.20 bits per heavy atom. The molecule has 0 bridgehead atoms. The van der Waals surface area contributed by atoms with Crippen molar-refractivity contribution in [2.75, 3.05) is 51.3 Å². The molecule has 0 amide bonds. The zero-order chi connectivity index (χ0) is 14.2. The van der Waals surface area contributed by atoms with Gasteiger partial charge < -0.3 is 20.1 Å². The number of aliphatic hydroxyl groups excluding tert-OH is 1. The molecule has 1 unspecified atom stereocenters. The number of methoxy groups -OCH3 is 1. The summed E-state index contributed by atoms with van der Waals surface area (Å²) < 4.78 is 5.17. The van der Waals surface area contributed by atoms with Gasteiger partial charge in [-0.05, 0) is 17.7 Å². The molecule has 5 heteroatoms. The molecule has 0 spiro atoms. The molecule has 2 N–H and O–H groups in total. The Labute approximate surface area is 125 Å². The van der Waals surface area contributed by atoms with Gasteiger partial charge >= 0.3 is 0 Å². The van der Waals surface area contributed by atoms with E-state index in [1.807, 2.05) is 36.0 Å². The summed E-state index contributed by atoms with van der Waals surface area (Å²) in [4.78, 5) is 2.47. The van der Waals surface area contributed by atoms with Gasteiger partial charge in [-0.2, -0.15) is 11.8 Å². The molecule has 1 aromatic carbocycles. The predicted octanol–water partition coefficient (Wildman–Crippen LogP) is 1.37. The van der Waals surface area contributed by atoms with Crippen molar-refractivity contribution in [3.63, 3.8) is 0 Å². The van der Waals surface area contributed by atoms with Gasteiger partial charge in [0.2, 0.25) is 0 Å². The van der Waals surface area contributed by atoms with Crippen molar-refractivity contribution >= 4 is 11.8 Å². The summed E-state index contributed by atoms with van der Waals surface area (Å²) in [5.74, 6) is 3.27. The number of aliphatic hydroxyl groups is 1. The number of rotatable bonds is 7. The molecular formula is C15H24N2O2S. The minimum atomic E-state index is -0.484. The third-order valence-electron chi connectivity index (χ3n) is 3.52. The molecule has 1 saturated heterocycles. The lowest BCUT2D eigenvalue weighted by Gasteiger charge is -2.26. The molecule has 1 heterocycles. The van der Waals surface area contributed by atoms with E-state index in [2.05, 4.69) is 10.2 Å². The largest absolute Gasteiger partial charge is 0.497 e. The molecule has 1 atom stereocenters. The fourth-order valence-corrected chi connectivity index (χ4v) is 3.25. The highest BCUT2D eigenvalue weighted by Gasteiger charge is 2.11. The lowest BCUT2D eigenvalue weighted by Crippen LogP contribution is -2.38. The number of nitrogens with zero attached hydrogens (tertiary/aromatic N) is 1. The van der Waals surface area contributed by atoms with Crippen LogP contribution in [0, 0.1) is 0 Å². The number of benzene rings is 1. The number of hydrogen-bond acceptors (Lipinski definition) is 5. The van der Waals surface area contributed by atoms with Crippen molar-refractivity contribution in [2.24, 2.45) is 0 Å². The van der Waals surface area contributed by atoms with Crippen molar-refractivity contribution in [3.05, 3.63) is 29.8 Å². The maximum Gasteiger partial charge on any atom is 0.119 e. The Bertz CT molecular complexity index is 397. The molecular weight excluding hydrogens is 272 g/mol. The van der Waals surface area contributed by atoms with Crippen LogP contribution in [0.25, 0.3) is 0 Å². The molecule has 1 aliphatic heterocycles. The molecule has 0 aromatic heterocycles. The molecule has 0 saturated carbocycles. The van der Waals surface area contributed by atoms with Crippen LogP contribution in [0.3, 0.4) is 0 Å². The van der Waals surface area contributed by atoms with Crippen molar-refractivity contribution in [1.82, 2.24) is 10.2 Å². The van der Waals surface area contributed by atoms with Gasteiger partial charge in [-0.25, -0.2) is 0 Å². The van der Waals surface area contributed by atoms with Crippen LogP contribution in [-0.4, -0.2) is 61.3 Å². The van der Waals surface area contributed by atoms with Crippen LogP contribution in [0.15, 0.2) is 24.3 Å². The van der Waals surface area contributed by atoms with Crippen LogP contribution in [-0.2, 0) is 0 Å². The summed E-state index contributed by atoms with van der Waals surface area (Å²) in [6, 6.07) is 7.60. The third kappa shape index (κ3) is 4.98. The first-order valence-electron chi connectivity index (χ1n) is 7.12. The zero-order valence-electron chi connectivity index (χ0n) is 12.0. The highest BCUT2D eigenvalue weighted by Crippen LogP contribution is 2.18. The molecule has 1 aromatic rings. The van der Waals surface area contributed by atoms with Gasteiger partial charge in [0.25, 0.3) is 0 Å². The summed E-state index contributed by atoms with van der Waals surface area (Å²) >= 11 is 2.03. The van der Waals surface area contributed by atoms with Crippen LogP contribution in [0.4, 0.5) is 0 Å². The Morgan fingerprint density at radius 3 is 2.95 bits per heavy atom. The minimum Gasteiger partial charge on any atom is -0.497 e. The topological polar surface area (TPSA) is 44.7 Å². The standard InChI is InChI=1S/C15H24N2O2S/c1-19-14-4-2-3-13(11-14)15(18)12-16-5-6-17-7-9-20-10-8-17/h2-4,11,15-16,18H,5-10,12H2,1H3. The molecule has 112 valence electrons. The average Bonchev–Trinajstić information content (AvgIpc) is 2.52. The Balaban J connectivity index is 1.67. The van der Waals surface area contributed by atoms with Crippen molar-refractivity contribution in [2.45, 2.75) is 6.10 Å². The molecule has 0 radical (unpaired) electrons. The van der Waals surface area contributed by atoms with E-state index in [-0.39, 0.29) is 0 Å². The maximum atomic E-state index is 10.1. The maximum absolute atomic E-state index is 10.1. The van der Waals surface area contributed by atoms with E-state index in [1.54, 1.807) is 7.11 Å². The fraction of sp³-hybridized carbons (Fsp3) is 0.600. The summed E-state index contributed by atoms with van der Waals surface area (Å²) in [5.41, 5.74) is 0.895. The Hall–Kier alpha value is -0.750. The minimum absolute atomic E-state index is 0.484. The van der Waals surface area contributed by atoms with Gasteiger partial charge in [-0.1, -0.05) is 12.1 Å². The first kappa shape index (κ1) is 15.6. The Morgan fingerprint density at radius 1 is 1.40 bits per heavy atom. The van der Waals surface area contributed by atoms with Crippen molar-refractivity contribution < 1.29 is 9.84 Å². The molecule has 2 rings (SSSR count). The van der Waals surface area contributed by atoms with E-state index < -0.39 is 6.10 Å². The lowest BCUT2D eigenvalue weighted by molar-refractivity contribution is 0.172. The van der Waals surface area contributed by atoms with Gasteiger partial charge in [-0.15, -0.1) is 0 Å². The van der Waals surface area contributed by atoms with E-state index in [0.29, 0.717) is 6.54 Å². The van der Waals surface area contributed by atoms with Gasteiger partial charge in [0, 0.05) is 44.2 Å². The number of nitrogens with one attached hydrogen (secondary N) is 1. The Kier molecular flexibility index (Phi) is 6.66. The smallest absolute Gasteiger partial charge is 0.119 e. The number of ether oxygens (including phenoxy) is 1. The fourth-order valence-electron chi connectivity index (χ4n) is 2.27. The first-order chi connectivity index (χ1) is 9.79. The second kappa shape index (κ2) is 8.52. The highest BCUT2D eigenvalue weighted by atomic mass is 32.2. The van der Waals surface area contributed by atoms with Crippen LogP contribution < -0.4 is 10.1 Å². The van der Waals surface area contributed by atoms with Gasteiger partial charge in [0.05, 0.1) is 13.2 Å². The average molecular weight is 296 g/mol. The third-order valence-corrected chi connectivity index (χ3v) is 4.47. The van der Waals surface area contributed by atoms with Gasteiger partial charge in [-0.3, -0.25) is 0 Å².